The summed E-state index contributed by atoms with van der Waals surface area (Å²) in [5.41, 5.74) is -0.465. The molecule has 0 bridgehead atoms. The number of methoxy groups -OCH3 is 1. The molecular formula is C25H38O5. The maximum atomic E-state index is 13.7. The number of ketones is 2. The van der Waals surface area contributed by atoms with Crippen molar-refractivity contribution < 1.29 is 24.2 Å². The van der Waals surface area contributed by atoms with Crippen LogP contribution in [0.3, 0.4) is 0 Å². The predicted octanol–water partition coefficient (Wildman–Crippen LogP) is 3.95. The molecule has 0 aromatic carbocycles. The van der Waals surface area contributed by atoms with Crippen LogP contribution in [0.5, 0.6) is 0 Å². The molecule has 4 fully saturated rings. The number of aliphatic hydroxyl groups is 1. The van der Waals surface area contributed by atoms with E-state index in [9.17, 15) is 19.5 Å². The lowest BCUT2D eigenvalue weighted by atomic mass is 9.43. The third-order valence-electron chi connectivity index (χ3n) is 10.1. The molecule has 0 radical (unpaired) electrons. The van der Waals surface area contributed by atoms with Crippen LogP contribution in [0.4, 0.5) is 0 Å². The number of ether oxygens (including phenoxy) is 1. The number of carbonyl (C=O) groups is 3. The number of carbonyl (C=O) groups excluding carboxylic acids is 3. The second-order valence-corrected chi connectivity index (χ2v) is 11.2. The van der Waals surface area contributed by atoms with Crippen LogP contribution in [0, 0.1) is 46.3 Å². The van der Waals surface area contributed by atoms with Gasteiger partial charge in [0.25, 0.3) is 0 Å². The fraction of sp³-hybridized carbons (Fsp3) is 0.880. The summed E-state index contributed by atoms with van der Waals surface area (Å²) in [5.74, 6) is 1.42. The molecule has 5 heteroatoms. The van der Waals surface area contributed by atoms with E-state index in [2.05, 4.69) is 20.8 Å². The van der Waals surface area contributed by atoms with Crippen molar-refractivity contribution in [2.75, 3.05) is 7.11 Å². The Balaban J connectivity index is 1.59. The molecule has 4 saturated carbocycles. The first-order valence-electron chi connectivity index (χ1n) is 11.9. The number of hydrogen-bond acceptors (Lipinski definition) is 5. The minimum absolute atomic E-state index is 0.0105. The molecule has 1 N–H and O–H groups in total. The minimum atomic E-state index is -0.455. The molecule has 0 saturated heterocycles. The van der Waals surface area contributed by atoms with E-state index in [0.717, 1.165) is 32.1 Å². The van der Waals surface area contributed by atoms with Crippen LogP contribution < -0.4 is 0 Å². The maximum Gasteiger partial charge on any atom is 0.305 e. The van der Waals surface area contributed by atoms with Gasteiger partial charge < -0.3 is 9.84 Å². The lowest BCUT2D eigenvalue weighted by molar-refractivity contribution is -0.168. The van der Waals surface area contributed by atoms with E-state index < -0.39 is 5.41 Å². The highest BCUT2D eigenvalue weighted by Gasteiger charge is 2.66. The Morgan fingerprint density at radius 3 is 2.60 bits per heavy atom. The predicted molar refractivity (Wildman–Crippen MR) is 112 cm³/mol. The van der Waals surface area contributed by atoms with Crippen molar-refractivity contribution in [1.29, 1.82) is 0 Å². The number of Topliss-reactive ketones (excluding diaryl/α,β-unsaturated/α-hetero) is 2. The highest BCUT2D eigenvalue weighted by Crippen LogP contribution is 2.66. The minimum Gasteiger partial charge on any atom is -0.469 e. The Hall–Kier alpha value is -1.23. The molecule has 0 spiro atoms. The van der Waals surface area contributed by atoms with Gasteiger partial charge in [-0.25, -0.2) is 0 Å². The smallest absolute Gasteiger partial charge is 0.305 e. The summed E-state index contributed by atoms with van der Waals surface area (Å²) in [5, 5.41) is 10.2. The zero-order valence-electron chi connectivity index (χ0n) is 19.0. The van der Waals surface area contributed by atoms with E-state index in [4.69, 9.17) is 4.74 Å². The number of hydrogen-bond donors (Lipinski definition) is 1. The van der Waals surface area contributed by atoms with Crippen molar-refractivity contribution in [2.45, 2.75) is 84.7 Å². The summed E-state index contributed by atoms with van der Waals surface area (Å²) in [4.78, 5) is 38.7. The molecule has 0 aromatic rings. The number of aliphatic hydroxyl groups excluding tert-OH is 1. The molecule has 0 aromatic heterocycles. The first-order chi connectivity index (χ1) is 14.1. The fourth-order valence-electron chi connectivity index (χ4n) is 8.22. The third kappa shape index (κ3) is 3.18. The fourth-order valence-corrected chi connectivity index (χ4v) is 8.22. The SMILES string of the molecule is COC(=O)CCC(C)C1CC[C@@H]2[C@@H]3C(=O)C[C@@H]4CC(O)CC[C@]4(C)[C@@H]3CC(=O)[C@]12C. The van der Waals surface area contributed by atoms with Gasteiger partial charge in [-0.15, -0.1) is 0 Å². The van der Waals surface area contributed by atoms with Crippen molar-refractivity contribution in [3.05, 3.63) is 0 Å². The van der Waals surface area contributed by atoms with Crippen LogP contribution in [-0.4, -0.2) is 35.9 Å². The van der Waals surface area contributed by atoms with Gasteiger partial charge in [0.05, 0.1) is 13.2 Å². The van der Waals surface area contributed by atoms with Crippen LogP contribution in [0.15, 0.2) is 0 Å². The van der Waals surface area contributed by atoms with Crippen molar-refractivity contribution in [2.24, 2.45) is 46.3 Å². The average Bonchev–Trinajstić information content (AvgIpc) is 3.06. The normalized spacial score (nSPS) is 46.6. The highest BCUT2D eigenvalue weighted by molar-refractivity contribution is 5.92. The maximum absolute atomic E-state index is 13.7. The zero-order chi connectivity index (χ0) is 21.8. The van der Waals surface area contributed by atoms with E-state index in [-0.39, 0.29) is 53.0 Å². The summed E-state index contributed by atoms with van der Waals surface area (Å²) in [6, 6.07) is 0. The van der Waals surface area contributed by atoms with Crippen LogP contribution in [0.2, 0.25) is 0 Å². The first kappa shape index (κ1) is 22.0. The van der Waals surface area contributed by atoms with Gasteiger partial charge in [-0.2, -0.15) is 0 Å². The molecule has 5 nitrogen and oxygen atoms in total. The Morgan fingerprint density at radius 2 is 1.90 bits per heavy atom. The van der Waals surface area contributed by atoms with Crippen LogP contribution in [0.1, 0.15) is 78.6 Å². The van der Waals surface area contributed by atoms with E-state index in [0.29, 0.717) is 37.2 Å². The lowest BCUT2D eigenvalue weighted by Crippen LogP contribution is -2.60. The largest absolute Gasteiger partial charge is 0.469 e. The molecular weight excluding hydrogens is 380 g/mol. The van der Waals surface area contributed by atoms with Gasteiger partial charge >= 0.3 is 5.97 Å². The quantitative estimate of drug-likeness (QED) is 0.699. The lowest BCUT2D eigenvalue weighted by Gasteiger charge is -2.59. The molecule has 0 aliphatic heterocycles. The van der Waals surface area contributed by atoms with Gasteiger partial charge in [-0.1, -0.05) is 20.8 Å². The summed E-state index contributed by atoms with van der Waals surface area (Å²) >= 11 is 0. The monoisotopic (exact) mass is 418 g/mol. The summed E-state index contributed by atoms with van der Waals surface area (Å²) in [6.45, 7) is 6.56. The average molecular weight is 419 g/mol. The molecule has 4 rings (SSSR count). The number of esters is 1. The van der Waals surface area contributed by atoms with E-state index in [1.54, 1.807) is 0 Å². The second kappa shape index (κ2) is 7.72. The third-order valence-corrected chi connectivity index (χ3v) is 10.1. The Bertz CT molecular complexity index is 731. The molecule has 3 unspecified atom stereocenters. The van der Waals surface area contributed by atoms with Crippen molar-refractivity contribution >= 4 is 17.5 Å². The van der Waals surface area contributed by atoms with Gasteiger partial charge in [0.1, 0.15) is 11.6 Å². The van der Waals surface area contributed by atoms with Crippen molar-refractivity contribution in [3.63, 3.8) is 0 Å². The van der Waals surface area contributed by atoms with Crippen LogP contribution >= 0.6 is 0 Å². The van der Waals surface area contributed by atoms with E-state index in [1.807, 2.05) is 0 Å². The molecule has 0 heterocycles. The van der Waals surface area contributed by atoms with Crippen molar-refractivity contribution in [1.82, 2.24) is 0 Å². The van der Waals surface area contributed by atoms with Crippen LogP contribution in [-0.2, 0) is 19.1 Å². The van der Waals surface area contributed by atoms with Gasteiger partial charge in [0.15, 0.2) is 0 Å². The van der Waals surface area contributed by atoms with Crippen LogP contribution in [0.25, 0.3) is 0 Å². The zero-order valence-corrected chi connectivity index (χ0v) is 19.0. The number of rotatable bonds is 4. The Kier molecular flexibility index (Phi) is 5.66. The first-order valence-corrected chi connectivity index (χ1v) is 11.9. The molecule has 4 aliphatic rings. The summed E-state index contributed by atoms with van der Waals surface area (Å²) < 4.78 is 4.80. The molecule has 168 valence electrons. The van der Waals surface area contributed by atoms with E-state index >= 15 is 0 Å². The Labute approximate surface area is 180 Å². The highest BCUT2D eigenvalue weighted by atomic mass is 16.5. The molecule has 4 aliphatic carbocycles. The topological polar surface area (TPSA) is 80.7 Å². The summed E-state index contributed by atoms with van der Waals surface area (Å²) in [6.07, 6.45) is 6.19. The molecule has 30 heavy (non-hydrogen) atoms. The standard InChI is InChI=1S/C25H38O5/c1-14(5-8-22(29)30-4)17-6-7-18-23-19(13-21(28)25(17,18)3)24(2)10-9-16(26)11-15(24)12-20(23)27/h14-19,23,26H,5-13H2,1-4H3/t14?,15-,16?,17?,18+,19+,23-,24-,25+/m0/s1. The van der Waals surface area contributed by atoms with Gasteiger partial charge in [-0.3, -0.25) is 14.4 Å². The summed E-state index contributed by atoms with van der Waals surface area (Å²) in [7, 11) is 1.41. The molecule has 0 amide bonds. The van der Waals surface area contributed by atoms with E-state index in [1.165, 1.54) is 7.11 Å². The molecule has 9 atom stereocenters. The Morgan fingerprint density at radius 1 is 1.17 bits per heavy atom. The second-order valence-electron chi connectivity index (χ2n) is 11.2. The number of fused-ring (bicyclic) bond motifs is 5. The van der Waals surface area contributed by atoms with Crippen molar-refractivity contribution in [3.8, 4) is 0 Å². The van der Waals surface area contributed by atoms with Gasteiger partial charge in [-0.05, 0) is 73.5 Å². The van der Waals surface area contributed by atoms with Gasteiger partial charge in [0.2, 0.25) is 0 Å². The van der Waals surface area contributed by atoms with Gasteiger partial charge in [0, 0.05) is 30.6 Å².